The predicted molar refractivity (Wildman–Crippen MR) is 78.4 cm³/mol. The molecule has 0 aliphatic carbocycles. The molecule has 1 atom stereocenters. The topological polar surface area (TPSA) is 47.0 Å². The van der Waals surface area contributed by atoms with E-state index in [0.29, 0.717) is 0 Å². The summed E-state index contributed by atoms with van der Waals surface area (Å²) in [7, 11) is 1.71. The number of rotatable bonds is 6. The summed E-state index contributed by atoms with van der Waals surface area (Å²) in [6.45, 7) is 7.12. The fraction of sp³-hybridized carbons (Fsp3) is 0.667. The molecule has 0 amide bonds. The zero-order chi connectivity index (χ0) is 12.8. The second kappa shape index (κ2) is 7.10. The number of anilines is 1. The third kappa shape index (κ3) is 4.39. The highest BCUT2D eigenvalue weighted by atomic mass is 127. The molecule has 0 saturated carbocycles. The SMILES string of the molecule is CCCNc1nc(CC(C)OC)nc(C)c1I. The number of aryl methyl sites for hydroxylation is 1. The van der Waals surface area contributed by atoms with Crippen molar-refractivity contribution in [1.82, 2.24) is 9.97 Å². The molecule has 0 aliphatic rings. The van der Waals surface area contributed by atoms with E-state index in [-0.39, 0.29) is 6.10 Å². The fourth-order valence-electron chi connectivity index (χ4n) is 1.41. The van der Waals surface area contributed by atoms with Gasteiger partial charge in [-0.15, -0.1) is 0 Å². The van der Waals surface area contributed by atoms with Gasteiger partial charge in [0.15, 0.2) is 0 Å². The van der Waals surface area contributed by atoms with E-state index in [1.807, 2.05) is 13.8 Å². The van der Waals surface area contributed by atoms with Gasteiger partial charge in [-0.1, -0.05) is 6.92 Å². The Labute approximate surface area is 117 Å². The van der Waals surface area contributed by atoms with E-state index in [0.717, 1.165) is 40.3 Å². The molecule has 0 spiro atoms. The first kappa shape index (κ1) is 14.6. The second-order valence-corrected chi connectivity index (χ2v) is 5.14. The Morgan fingerprint density at radius 2 is 2.12 bits per heavy atom. The molecule has 0 aromatic carbocycles. The molecule has 1 aromatic rings. The average molecular weight is 349 g/mol. The molecule has 0 radical (unpaired) electrons. The number of hydrogen-bond donors (Lipinski definition) is 1. The number of ether oxygens (including phenoxy) is 1. The van der Waals surface area contributed by atoms with E-state index in [9.17, 15) is 0 Å². The molecule has 1 heterocycles. The summed E-state index contributed by atoms with van der Waals surface area (Å²) in [6, 6.07) is 0. The maximum Gasteiger partial charge on any atom is 0.143 e. The van der Waals surface area contributed by atoms with E-state index in [1.54, 1.807) is 7.11 Å². The van der Waals surface area contributed by atoms with Gasteiger partial charge in [0.1, 0.15) is 11.6 Å². The van der Waals surface area contributed by atoms with Gasteiger partial charge in [-0.3, -0.25) is 0 Å². The van der Waals surface area contributed by atoms with E-state index >= 15 is 0 Å². The third-order valence-corrected chi connectivity index (χ3v) is 3.77. The monoisotopic (exact) mass is 349 g/mol. The quantitative estimate of drug-likeness (QED) is 0.803. The Hall–Kier alpha value is -0.430. The summed E-state index contributed by atoms with van der Waals surface area (Å²) in [6.07, 6.45) is 1.98. The lowest BCUT2D eigenvalue weighted by molar-refractivity contribution is 0.117. The molecular weight excluding hydrogens is 329 g/mol. The summed E-state index contributed by atoms with van der Waals surface area (Å²) in [5.74, 6) is 1.79. The highest BCUT2D eigenvalue weighted by Crippen LogP contribution is 2.19. The van der Waals surface area contributed by atoms with Crippen LogP contribution in [0.15, 0.2) is 0 Å². The molecule has 0 fully saturated rings. The number of methoxy groups -OCH3 is 1. The van der Waals surface area contributed by atoms with Crippen LogP contribution < -0.4 is 5.32 Å². The van der Waals surface area contributed by atoms with Crippen LogP contribution in [-0.4, -0.2) is 29.7 Å². The van der Waals surface area contributed by atoms with E-state index in [1.165, 1.54) is 0 Å². The van der Waals surface area contributed by atoms with Crippen molar-refractivity contribution >= 4 is 28.4 Å². The number of halogens is 1. The van der Waals surface area contributed by atoms with Crippen molar-refractivity contribution in [3.8, 4) is 0 Å². The Morgan fingerprint density at radius 1 is 1.41 bits per heavy atom. The van der Waals surface area contributed by atoms with Crippen LogP contribution in [0.5, 0.6) is 0 Å². The molecule has 0 bridgehead atoms. The van der Waals surface area contributed by atoms with Gasteiger partial charge < -0.3 is 10.1 Å². The largest absolute Gasteiger partial charge is 0.381 e. The molecule has 1 unspecified atom stereocenters. The first-order valence-electron chi connectivity index (χ1n) is 5.88. The summed E-state index contributed by atoms with van der Waals surface area (Å²) in [5, 5.41) is 3.34. The molecular formula is C12H20IN3O. The van der Waals surface area contributed by atoms with Crippen LogP contribution >= 0.6 is 22.6 Å². The fourth-order valence-corrected chi connectivity index (χ4v) is 1.84. The van der Waals surface area contributed by atoms with Crippen LogP contribution in [0.25, 0.3) is 0 Å². The summed E-state index contributed by atoms with van der Waals surface area (Å²) in [5.41, 5.74) is 1.03. The van der Waals surface area contributed by atoms with Gasteiger partial charge >= 0.3 is 0 Å². The molecule has 4 nitrogen and oxygen atoms in total. The molecule has 1 rings (SSSR count). The molecule has 0 saturated heterocycles. The lowest BCUT2D eigenvalue weighted by Crippen LogP contribution is -2.14. The maximum absolute atomic E-state index is 5.24. The number of aromatic nitrogens is 2. The zero-order valence-electron chi connectivity index (χ0n) is 10.9. The Balaban J connectivity index is 2.89. The minimum atomic E-state index is 0.147. The van der Waals surface area contributed by atoms with Gasteiger partial charge in [0.05, 0.1) is 15.4 Å². The minimum Gasteiger partial charge on any atom is -0.381 e. The highest BCUT2D eigenvalue weighted by molar-refractivity contribution is 14.1. The third-order valence-electron chi connectivity index (χ3n) is 2.48. The van der Waals surface area contributed by atoms with Gasteiger partial charge in [0, 0.05) is 20.1 Å². The molecule has 17 heavy (non-hydrogen) atoms. The van der Waals surface area contributed by atoms with E-state index < -0.39 is 0 Å². The molecule has 5 heteroatoms. The minimum absolute atomic E-state index is 0.147. The number of hydrogen-bond acceptors (Lipinski definition) is 4. The van der Waals surface area contributed by atoms with Crippen molar-refractivity contribution in [2.24, 2.45) is 0 Å². The average Bonchev–Trinajstić information content (AvgIpc) is 2.31. The smallest absolute Gasteiger partial charge is 0.143 e. The molecule has 96 valence electrons. The van der Waals surface area contributed by atoms with Gasteiger partial charge in [0.2, 0.25) is 0 Å². The van der Waals surface area contributed by atoms with Crippen molar-refractivity contribution in [1.29, 1.82) is 0 Å². The zero-order valence-corrected chi connectivity index (χ0v) is 13.0. The lowest BCUT2D eigenvalue weighted by atomic mass is 10.2. The van der Waals surface area contributed by atoms with Crippen molar-refractivity contribution in [2.75, 3.05) is 19.0 Å². The standard InChI is InChI=1S/C12H20IN3O/c1-5-6-14-12-11(13)9(3)15-10(16-12)7-8(2)17-4/h8H,5-7H2,1-4H3,(H,14,15,16). The highest BCUT2D eigenvalue weighted by Gasteiger charge is 2.11. The van der Waals surface area contributed by atoms with Crippen LogP contribution in [0.1, 0.15) is 31.8 Å². The van der Waals surface area contributed by atoms with Crippen LogP contribution in [0.3, 0.4) is 0 Å². The van der Waals surface area contributed by atoms with Gasteiger partial charge in [-0.05, 0) is 42.9 Å². The first-order chi connectivity index (χ1) is 8.08. The Morgan fingerprint density at radius 3 is 2.71 bits per heavy atom. The molecule has 0 aliphatic heterocycles. The van der Waals surface area contributed by atoms with Gasteiger partial charge in [-0.25, -0.2) is 9.97 Å². The van der Waals surface area contributed by atoms with Crippen LogP contribution in [0.4, 0.5) is 5.82 Å². The first-order valence-corrected chi connectivity index (χ1v) is 6.96. The second-order valence-electron chi connectivity index (χ2n) is 4.07. The van der Waals surface area contributed by atoms with Crippen LogP contribution in [-0.2, 0) is 11.2 Å². The summed E-state index contributed by atoms with van der Waals surface area (Å²) < 4.78 is 6.34. The Kier molecular flexibility index (Phi) is 6.11. The van der Waals surface area contributed by atoms with E-state index in [2.05, 4.69) is 44.8 Å². The van der Waals surface area contributed by atoms with Crippen LogP contribution in [0, 0.1) is 10.5 Å². The molecule has 1 aromatic heterocycles. The van der Waals surface area contributed by atoms with E-state index in [4.69, 9.17) is 4.74 Å². The lowest BCUT2D eigenvalue weighted by Gasteiger charge is -2.13. The molecule has 1 N–H and O–H groups in total. The normalized spacial score (nSPS) is 12.5. The van der Waals surface area contributed by atoms with Crippen LogP contribution in [0.2, 0.25) is 0 Å². The maximum atomic E-state index is 5.24. The number of nitrogens with one attached hydrogen (secondary N) is 1. The Bertz CT molecular complexity index is 371. The van der Waals surface area contributed by atoms with Crippen molar-refractivity contribution < 1.29 is 4.74 Å². The van der Waals surface area contributed by atoms with Gasteiger partial charge in [0.25, 0.3) is 0 Å². The van der Waals surface area contributed by atoms with Crippen molar-refractivity contribution in [3.05, 3.63) is 15.1 Å². The van der Waals surface area contributed by atoms with Crippen molar-refractivity contribution in [2.45, 2.75) is 39.7 Å². The van der Waals surface area contributed by atoms with Gasteiger partial charge in [-0.2, -0.15) is 0 Å². The van der Waals surface area contributed by atoms with Crippen molar-refractivity contribution in [3.63, 3.8) is 0 Å². The predicted octanol–water partition coefficient (Wildman–Crippen LogP) is 2.79. The summed E-state index contributed by atoms with van der Waals surface area (Å²) in [4.78, 5) is 9.04. The number of nitrogens with zero attached hydrogens (tertiary/aromatic N) is 2. The summed E-state index contributed by atoms with van der Waals surface area (Å²) >= 11 is 2.29.